The van der Waals surface area contributed by atoms with Crippen molar-refractivity contribution in [1.82, 2.24) is 15.3 Å². The van der Waals surface area contributed by atoms with Crippen molar-refractivity contribution in [2.24, 2.45) is 5.41 Å². The maximum atomic E-state index is 4.44. The monoisotopic (exact) mass is 248 g/mol. The van der Waals surface area contributed by atoms with Crippen LogP contribution in [0.4, 0.5) is 5.95 Å². The second kappa shape index (κ2) is 5.22. The van der Waals surface area contributed by atoms with Gasteiger partial charge in [-0.1, -0.05) is 20.8 Å². The van der Waals surface area contributed by atoms with Crippen molar-refractivity contribution in [2.75, 3.05) is 18.5 Å². The van der Waals surface area contributed by atoms with Crippen LogP contribution in [0.5, 0.6) is 0 Å². The van der Waals surface area contributed by atoms with Gasteiger partial charge < -0.3 is 10.2 Å². The average molecular weight is 248 g/mol. The fourth-order valence-corrected chi connectivity index (χ4v) is 1.97. The summed E-state index contributed by atoms with van der Waals surface area (Å²) in [6.45, 7) is 8.49. The number of hydrogen-bond acceptors (Lipinski definition) is 4. The first kappa shape index (κ1) is 13.3. The van der Waals surface area contributed by atoms with Crippen molar-refractivity contribution in [3.05, 3.63) is 18.0 Å². The lowest BCUT2D eigenvalue weighted by Gasteiger charge is -2.26. The molecule has 0 saturated heterocycles. The molecular weight excluding hydrogens is 224 g/mol. The van der Waals surface area contributed by atoms with Gasteiger partial charge in [-0.05, 0) is 18.3 Å². The number of aromatic nitrogens is 2. The average Bonchev–Trinajstić information content (AvgIpc) is 3.08. The van der Waals surface area contributed by atoms with Crippen LogP contribution >= 0.6 is 0 Å². The Kier molecular flexibility index (Phi) is 3.85. The Labute approximate surface area is 110 Å². The molecule has 1 saturated carbocycles. The summed E-state index contributed by atoms with van der Waals surface area (Å²) in [5.74, 6) is 0.806. The zero-order valence-corrected chi connectivity index (χ0v) is 11.9. The molecule has 0 radical (unpaired) electrons. The molecule has 2 rings (SSSR count). The third kappa shape index (κ3) is 4.26. The highest BCUT2D eigenvalue weighted by Gasteiger charge is 2.20. The van der Waals surface area contributed by atoms with Crippen LogP contribution in [-0.2, 0) is 6.54 Å². The molecule has 18 heavy (non-hydrogen) atoms. The topological polar surface area (TPSA) is 41.1 Å². The Morgan fingerprint density at radius 1 is 1.28 bits per heavy atom. The van der Waals surface area contributed by atoms with Gasteiger partial charge >= 0.3 is 0 Å². The summed E-state index contributed by atoms with van der Waals surface area (Å²) >= 11 is 0. The van der Waals surface area contributed by atoms with Crippen LogP contribution in [0.2, 0.25) is 0 Å². The van der Waals surface area contributed by atoms with Gasteiger partial charge in [0.05, 0.1) is 0 Å². The summed E-state index contributed by atoms with van der Waals surface area (Å²) in [5, 5.41) is 3.47. The first-order valence-electron chi connectivity index (χ1n) is 6.69. The van der Waals surface area contributed by atoms with E-state index in [0.29, 0.717) is 0 Å². The van der Waals surface area contributed by atoms with E-state index in [1.807, 2.05) is 19.4 Å². The van der Waals surface area contributed by atoms with Crippen LogP contribution in [-0.4, -0.2) is 29.6 Å². The van der Waals surface area contributed by atoms with E-state index in [4.69, 9.17) is 0 Å². The predicted molar refractivity (Wildman–Crippen MR) is 74.6 cm³/mol. The molecule has 0 spiro atoms. The molecule has 1 aromatic rings. The molecule has 1 fully saturated rings. The molecule has 0 amide bonds. The third-order valence-corrected chi connectivity index (χ3v) is 2.92. The molecule has 1 N–H and O–H groups in total. The van der Waals surface area contributed by atoms with Gasteiger partial charge in [-0.3, -0.25) is 0 Å². The Bertz CT molecular complexity index is 376. The first-order valence-corrected chi connectivity index (χ1v) is 6.69. The molecule has 0 bridgehead atoms. The Balaban J connectivity index is 1.89. The van der Waals surface area contributed by atoms with E-state index < -0.39 is 0 Å². The largest absolute Gasteiger partial charge is 0.343 e. The summed E-state index contributed by atoms with van der Waals surface area (Å²) in [6, 6.07) is 0.730. The zero-order chi connectivity index (χ0) is 13.2. The van der Waals surface area contributed by atoms with Crippen LogP contribution in [0.3, 0.4) is 0 Å². The van der Waals surface area contributed by atoms with E-state index in [1.165, 1.54) is 12.8 Å². The van der Waals surface area contributed by atoms with Crippen molar-refractivity contribution >= 4 is 5.95 Å². The van der Waals surface area contributed by atoms with E-state index in [2.05, 4.69) is 41.0 Å². The number of hydrogen-bond donors (Lipinski definition) is 1. The van der Waals surface area contributed by atoms with Gasteiger partial charge in [-0.15, -0.1) is 0 Å². The fraction of sp³-hybridized carbons (Fsp3) is 0.714. The highest BCUT2D eigenvalue weighted by atomic mass is 15.2. The van der Waals surface area contributed by atoms with Gasteiger partial charge in [0.15, 0.2) is 0 Å². The van der Waals surface area contributed by atoms with E-state index in [0.717, 1.165) is 30.6 Å². The van der Waals surface area contributed by atoms with Gasteiger partial charge in [0.1, 0.15) is 0 Å². The Hall–Kier alpha value is -1.16. The molecule has 1 aromatic heterocycles. The minimum absolute atomic E-state index is 0.254. The lowest BCUT2D eigenvalue weighted by Crippen LogP contribution is -2.30. The summed E-state index contributed by atoms with van der Waals surface area (Å²) in [7, 11) is 2.04. The van der Waals surface area contributed by atoms with E-state index in [1.54, 1.807) is 0 Å². The minimum atomic E-state index is 0.254. The van der Waals surface area contributed by atoms with Crippen LogP contribution in [0.1, 0.15) is 39.2 Å². The van der Waals surface area contributed by atoms with E-state index >= 15 is 0 Å². The summed E-state index contributed by atoms with van der Waals surface area (Å²) in [6.07, 6.45) is 6.48. The standard InChI is InChI=1S/C14H24N4/c1-14(2,3)10-18(4)13-16-8-11(9-17-13)7-15-12-5-6-12/h8-9,12,15H,5-7,10H2,1-4H3. The van der Waals surface area contributed by atoms with Gasteiger partial charge in [-0.2, -0.15) is 0 Å². The molecular formula is C14H24N4. The Morgan fingerprint density at radius 2 is 1.89 bits per heavy atom. The molecule has 100 valence electrons. The zero-order valence-electron chi connectivity index (χ0n) is 11.9. The molecule has 4 nitrogen and oxygen atoms in total. The maximum Gasteiger partial charge on any atom is 0.225 e. The van der Waals surface area contributed by atoms with Gasteiger partial charge in [0.2, 0.25) is 5.95 Å². The molecule has 0 atom stereocenters. The smallest absolute Gasteiger partial charge is 0.225 e. The molecule has 1 heterocycles. The number of rotatable bonds is 5. The number of anilines is 1. The number of nitrogens with zero attached hydrogens (tertiary/aromatic N) is 3. The van der Waals surface area contributed by atoms with Gasteiger partial charge in [0.25, 0.3) is 0 Å². The van der Waals surface area contributed by atoms with Crippen molar-refractivity contribution in [2.45, 2.75) is 46.2 Å². The van der Waals surface area contributed by atoms with Crippen molar-refractivity contribution in [3.8, 4) is 0 Å². The highest BCUT2D eigenvalue weighted by molar-refractivity contribution is 5.28. The molecule has 1 aliphatic rings. The summed E-state index contributed by atoms with van der Waals surface area (Å²) < 4.78 is 0. The van der Waals surface area contributed by atoms with Crippen LogP contribution in [0, 0.1) is 5.41 Å². The lowest BCUT2D eigenvalue weighted by atomic mass is 9.96. The molecule has 1 aliphatic carbocycles. The second-order valence-electron chi connectivity index (χ2n) is 6.46. The van der Waals surface area contributed by atoms with Gasteiger partial charge in [-0.25, -0.2) is 9.97 Å². The number of nitrogens with one attached hydrogen (secondary N) is 1. The minimum Gasteiger partial charge on any atom is -0.343 e. The molecule has 0 unspecified atom stereocenters. The van der Waals surface area contributed by atoms with E-state index in [-0.39, 0.29) is 5.41 Å². The van der Waals surface area contributed by atoms with Crippen molar-refractivity contribution in [1.29, 1.82) is 0 Å². The third-order valence-electron chi connectivity index (χ3n) is 2.92. The fourth-order valence-electron chi connectivity index (χ4n) is 1.97. The molecule has 4 heteroatoms. The normalized spacial score (nSPS) is 15.8. The van der Waals surface area contributed by atoms with Crippen LogP contribution in [0.25, 0.3) is 0 Å². The molecule has 0 aliphatic heterocycles. The first-order chi connectivity index (χ1) is 8.44. The summed E-state index contributed by atoms with van der Waals surface area (Å²) in [4.78, 5) is 11.0. The lowest BCUT2D eigenvalue weighted by molar-refractivity contribution is 0.416. The van der Waals surface area contributed by atoms with E-state index in [9.17, 15) is 0 Å². The Morgan fingerprint density at radius 3 is 2.39 bits per heavy atom. The highest BCUT2D eigenvalue weighted by Crippen LogP contribution is 2.19. The van der Waals surface area contributed by atoms with Crippen LogP contribution in [0.15, 0.2) is 12.4 Å². The summed E-state index contributed by atoms with van der Waals surface area (Å²) in [5.41, 5.74) is 1.42. The quantitative estimate of drug-likeness (QED) is 0.867. The molecule has 0 aromatic carbocycles. The van der Waals surface area contributed by atoms with Crippen LogP contribution < -0.4 is 10.2 Å². The second-order valence-corrected chi connectivity index (χ2v) is 6.46. The van der Waals surface area contributed by atoms with Crippen molar-refractivity contribution in [3.63, 3.8) is 0 Å². The predicted octanol–water partition coefficient (Wildman–Crippen LogP) is 2.21. The maximum absolute atomic E-state index is 4.44. The van der Waals surface area contributed by atoms with Gasteiger partial charge in [0, 0.05) is 44.1 Å². The SMILES string of the molecule is CN(CC(C)(C)C)c1ncc(CNC2CC2)cn1. The van der Waals surface area contributed by atoms with Crippen molar-refractivity contribution < 1.29 is 0 Å².